The normalized spacial score (nSPS) is 16.7. The minimum atomic E-state index is 0.358. The molecule has 0 aliphatic carbocycles. The first-order chi connectivity index (χ1) is 8.06. The lowest BCUT2D eigenvalue weighted by molar-refractivity contribution is -0.119. The van der Waals surface area contributed by atoms with Crippen LogP contribution < -0.4 is 4.90 Å². The maximum absolute atomic E-state index is 11.2. The van der Waals surface area contributed by atoms with E-state index in [0.717, 1.165) is 30.4 Å². The number of piperidine rings is 1. The zero-order valence-electron chi connectivity index (χ0n) is 10.7. The summed E-state index contributed by atoms with van der Waals surface area (Å²) >= 11 is 0. The van der Waals surface area contributed by atoms with Crippen LogP contribution in [0.3, 0.4) is 0 Å². The summed E-state index contributed by atoms with van der Waals surface area (Å²) in [4.78, 5) is 22.3. The maximum Gasteiger partial charge on any atom is 0.136 e. The van der Waals surface area contributed by atoms with Gasteiger partial charge >= 0.3 is 0 Å². The monoisotopic (exact) mass is 233 g/mol. The topological polar surface area (TPSA) is 46.1 Å². The molecule has 0 N–H and O–H groups in total. The van der Waals surface area contributed by atoms with Gasteiger partial charge in [0, 0.05) is 37.7 Å². The number of anilines is 1. The van der Waals surface area contributed by atoms with E-state index in [1.54, 1.807) is 0 Å². The van der Waals surface area contributed by atoms with Crippen LogP contribution in [0.1, 0.15) is 44.1 Å². The molecule has 1 aliphatic rings. The molecule has 0 spiro atoms. The summed E-state index contributed by atoms with van der Waals surface area (Å²) in [6, 6.07) is 2.05. The Labute approximate surface area is 102 Å². The lowest BCUT2D eigenvalue weighted by Crippen LogP contribution is -2.34. The van der Waals surface area contributed by atoms with E-state index in [-0.39, 0.29) is 0 Å². The van der Waals surface area contributed by atoms with Crippen LogP contribution in [-0.2, 0) is 4.79 Å². The summed E-state index contributed by atoms with van der Waals surface area (Å²) in [6.07, 6.45) is 1.28. The maximum atomic E-state index is 11.2. The number of aromatic nitrogens is 2. The van der Waals surface area contributed by atoms with Crippen molar-refractivity contribution in [3.63, 3.8) is 0 Å². The Kier molecular flexibility index (Phi) is 3.41. The summed E-state index contributed by atoms with van der Waals surface area (Å²) < 4.78 is 0. The van der Waals surface area contributed by atoms with Crippen LogP contribution in [0.5, 0.6) is 0 Å². The molecule has 1 aromatic heterocycles. The first-order valence-electron chi connectivity index (χ1n) is 6.18. The van der Waals surface area contributed by atoms with Crippen molar-refractivity contribution in [3.05, 3.63) is 17.6 Å². The van der Waals surface area contributed by atoms with Crippen molar-refractivity contribution in [1.29, 1.82) is 0 Å². The van der Waals surface area contributed by atoms with E-state index in [1.807, 2.05) is 13.0 Å². The van der Waals surface area contributed by atoms with Gasteiger partial charge in [0.15, 0.2) is 0 Å². The molecule has 0 atom stereocenters. The van der Waals surface area contributed by atoms with Gasteiger partial charge in [-0.15, -0.1) is 0 Å². The molecule has 1 saturated heterocycles. The van der Waals surface area contributed by atoms with Crippen LogP contribution >= 0.6 is 0 Å². The SMILES string of the molecule is Cc1nc(C(C)C)cc(N2CCC(=O)CC2)n1. The fourth-order valence-corrected chi connectivity index (χ4v) is 2.02. The van der Waals surface area contributed by atoms with Crippen LogP contribution in [0, 0.1) is 6.92 Å². The highest BCUT2D eigenvalue weighted by molar-refractivity contribution is 5.80. The summed E-state index contributed by atoms with van der Waals surface area (Å²) in [5.41, 5.74) is 1.07. The molecule has 2 heterocycles. The Morgan fingerprint density at radius 3 is 2.47 bits per heavy atom. The van der Waals surface area contributed by atoms with Crippen LogP contribution in [0.15, 0.2) is 6.07 Å². The molecule has 4 heteroatoms. The third-order valence-electron chi connectivity index (χ3n) is 3.08. The first kappa shape index (κ1) is 12.0. The van der Waals surface area contributed by atoms with Gasteiger partial charge in [-0.3, -0.25) is 4.79 Å². The van der Waals surface area contributed by atoms with E-state index in [2.05, 4.69) is 28.7 Å². The van der Waals surface area contributed by atoms with Gasteiger partial charge in [0.1, 0.15) is 17.4 Å². The number of ketones is 1. The molecule has 4 nitrogen and oxygen atoms in total. The molecule has 0 aromatic carbocycles. The molecular weight excluding hydrogens is 214 g/mol. The number of nitrogens with zero attached hydrogens (tertiary/aromatic N) is 3. The Balaban J connectivity index is 2.23. The van der Waals surface area contributed by atoms with Gasteiger partial charge in [0.25, 0.3) is 0 Å². The summed E-state index contributed by atoms with van der Waals surface area (Å²) in [6.45, 7) is 7.75. The Morgan fingerprint density at radius 1 is 1.24 bits per heavy atom. The third-order valence-corrected chi connectivity index (χ3v) is 3.08. The van der Waals surface area contributed by atoms with Crippen LogP contribution in [0.25, 0.3) is 0 Å². The number of hydrogen-bond donors (Lipinski definition) is 0. The molecule has 0 amide bonds. The number of carbonyl (C=O) groups is 1. The van der Waals surface area contributed by atoms with Crippen molar-refractivity contribution in [1.82, 2.24) is 9.97 Å². The Bertz CT molecular complexity index is 419. The van der Waals surface area contributed by atoms with Gasteiger partial charge in [-0.25, -0.2) is 9.97 Å². The van der Waals surface area contributed by atoms with E-state index in [9.17, 15) is 4.79 Å². The molecule has 0 saturated carbocycles. The minimum absolute atomic E-state index is 0.358. The quantitative estimate of drug-likeness (QED) is 0.784. The second-order valence-electron chi connectivity index (χ2n) is 4.88. The van der Waals surface area contributed by atoms with Gasteiger partial charge in [0.2, 0.25) is 0 Å². The van der Waals surface area contributed by atoms with E-state index in [0.29, 0.717) is 24.5 Å². The number of aryl methyl sites for hydroxylation is 1. The van der Waals surface area contributed by atoms with Crippen molar-refractivity contribution >= 4 is 11.6 Å². The fourth-order valence-electron chi connectivity index (χ4n) is 2.02. The van der Waals surface area contributed by atoms with E-state index in [1.165, 1.54) is 0 Å². The van der Waals surface area contributed by atoms with Crippen LogP contribution in [0.4, 0.5) is 5.82 Å². The number of Topliss-reactive ketones (excluding diaryl/α,β-unsaturated/α-hetero) is 1. The molecule has 0 unspecified atom stereocenters. The lowest BCUT2D eigenvalue weighted by atomic mass is 10.1. The highest BCUT2D eigenvalue weighted by atomic mass is 16.1. The highest BCUT2D eigenvalue weighted by Crippen LogP contribution is 2.20. The third kappa shape index (κ3) is 2.81. The van der Waals surface area contributed by atoms with E-state index < -0.39 is 0 Å². The van der Waals surface area contributed by atoms with Crippen LogP contribution in [-0.4, -0.2) is 28.8 Å². The fraction of sp³-hybridized carbons (Fsp3) is 0.615. The molecular formula is C13H19N3O. The Morgan fingerprint density at radius 2 is 1.88 bits per heavy atom. The molecule has 1 fully saturated rings. The van der Waals surface area contributed by atoms with Gasteiger partial charge in [-0.05, 0) is 12.8 Å². The Hall–Kier alpha value is -1.45. The van der Waals surface area contributed by atoms with Gasteiger partial charge in [-0.2, -0.15) is 0 Å². The zero-order valence-corrected chi connectivity index (χ0v) is 10.7. The van der Waals surface area contributed by atoms with Gasteiger partial charge in [0.05, 0.1) is 0 Å². The molecule has 0 radical (unpaired) electrons. The molecule has 1 aliphatic heterocycles. The highest BCUT2D eigenvalue weighted by Gasteiger charge is 2.18. The number of carbonyl (C=O) groups excluding carboxylic acids is 1. The molecule has 2 rings (SSSR count). The molecule has 92 valence electrons. The van der Waals surface area contributed by atoms with Crippen molar-refractivity contribution in [2.75, 3.05) is 18.0 Å². The molecule has 17 heavy (non-hydrogen) atoms. The summed E-state index contributed by atoms with van der Waals surface area (Å²) in [5, 5.41) is 0. The van der Waals surface area contributed by atoms with Crippen molar-refractivity contribution in [3.8, 4) is 0 Å². The van der Waals surface area contributed by atoms with Crippen LogP contribution in [0.2, 0.25) is 0 Å². The van der Waals surface area contributed by atoms with E-state index >= 15 is 0 Å². The lowest BCUT2D eigenvalue weighted by Gasteiger charge is -2.27. The standard InChI is InChI=1S/C13H19N3O/c1-9(2)12-8-13(15-10(3)14-12)16-6-4-11(17)5-7-16/h8-9H,4-7H2,1-3H3. The zero-order chi connectivity index (χ0) is 12.4. The second kappa shape index (κ2) is 4.82. The number of rotatable bonds is 2. The predicted molar refractivity (Wildman–Crippen MR) is 67.3 cm³/mol. The average Bonchev–Trinajstić information content (AvgIpc) is 2.29. The summed E-state index contributed by atoms with van der Waals surface area (Å²) in [7, 11) is 0. The average molecular weight is 233 g/mol. The van der Waals surface area contributed by atoms with Crippen molar-refractivity contribution in [2.45, 2.75) is 39.5 Å². The molecule has 0 bridgehead atoms. The van der Waals surface area contributed by atoms with Gasteiger partial charge in [-0.1, -0.05) is 13.8 Å². The first-order valence-corrected chi connectivity index (χ1v) is 6.18. The van der Waals surface area contributed by atoms with Gasteiger partial charge < -0.3 is 4.90 Å². The molecule has 1 aromatic rings. The minimum Gasteiger partial charge on any atom is -0.356 e. The number of hydrogen-bond acceptors (Lipinski definition) is 4. The smallest absolute Gasteiger partial charge is 0.136 e. The second-order valence-corrected chi connectivity index (χ2v) is 4.88. The van der Waals surface area contributed by atoms with Crippen molar-refractivity contribution in [2.24, 2.45) is 0 Å². The van der Waals surface area contributed by atoms with Crippen molar-refractivity contribution < 1.29 is 4.79 Å². The largest absolute Gasteiger partial charge is 0.356 e. The van der Waals surface area contributed by atoms with E-state index in [4.69, 9.17) is 0 Å². The predicted octanol–water partition coefficient (Wildman–Crippen LogP) is 2.08. The summed E-state index contributed by atoms with van der Waals surface area (Å²) in [5.74, 6) is 2.54.